The fraction of sp³-hybridized carbons (Fsp3) is 0.625. The minimum absolute atomic E-state index is 0.556. The molecule has 2 atom stereocenters. The molecule has 2 unspecified atom stereocenters. The highest BCUT2D eigenvalue weighted by atomic mass is 16.5. The standard InChI is InChI=1S/C16H26O3/c1-5-6-14(17)15(18)8-7-13-10-11(2)9-12(3)16(13)19-4/h9-10,14-15,17-18H,5-8H2,1-4H3. The van der Waals surface area contributed by atoms with E-state index in [1.807, 2.05) is 13.8 Å². The topological polar surface area (TPSA) is 49.7 Å². The molecule has 0 aliphatic heterocycles. The van der Waals surface area contributed by atoms with E-state index in [-0.39, 0.29) is 0 Å². The Kier molecular flexibility index (Phi) is 6.32. The van der Waals surface area contributed by atoms with Gasteiger partial charge in [0.1, 0.15) is 5.75 Å². The van der Waals surface area contributed by atoms with E-state index >= 15 is 0 Å². The van der Waals surface area contributed by atoms with Crippen LogP contribution in [0.2, 0.25) is 0 Å². The second-order valence-electron chi connectivity index (χ2n) is 5.24. The second kappa shape index (κ2) is 7.51. The lowest BCUT2D eigenvalue weighted by Crippen LogP contribution is -2.26. The summed E-state index contributed by atoms with van der Waals surface area (Å²) in [6.07, 6.45) is 1.51. The van der Waals surface area contributed by atoms with Gasteiger partial charge in [-0.05, 0) is 44.2 Å². The van der Waals surface area contributed by atoms with Gasteiger partial charge in [-0.15, -0.1) is 0 Å². The maximum absolute atomic E-state index is 9.92. The Morgan fingerprint density at radius 3 is 2.32 bits per heavy atom. The van der Waals surface area contributed by atoms with Gasteiger partial charge in [0.2, 0.25) is 0 Å². The van der Waals surface area contributed by atoms with Gasteiger partial charge in [-0.1, -0.05) is 31.0 Å². The average molecular weight is 266 g/mol. The number of methoxy groups -OCH3 is 1. The van der Waals surface area contributed by atoms with Crippen molar-refractivity contribution in [2.24, 2.45) is 0 Å². The van der Waals surface area contributed by atoms with Gasteiger partial charge in [-0.2, -0.15) is 0 Å². The minimum atomic E-state index is -0.662. The molecule has 0 amide bonds. The van der Waals surface area contributed by atoms with Crippen LogP contribution in [-0.4, -0.2) is 29.5 Å². The summed E-state index contributed by atoms with van der Waals surface area (Å²) in [6, 6.07) is 4.18. The Morgan fingerprint density at radius 2 is 1.74 bits per heavy atom. The van der Waals surface area contributed by atoms with Crippen molar-refractivity contribution >= 4 is 0 Å². The molecule has 2 N–H and O–H groups in total. The quantitative estimate of drug-likeness (QED) is 0.798. The van der Waals surface area contributed by atoms with E-state index in [2.05, 4.69) is 19.1 Å². The molecular weight excluding hydrogens is 240 g/mol. The zero-order chi connectivity index (χ0) is 14.4. The molecule has 0 bridgehead atoms. The zero-order valence-corrected chi connectivity index (χ0v) is 12.4. The summed E-state index contributed by atoms with van der Waals surface area (Å²) in [5, 5.41) is 19.7. The third-order valence-electron chi connectivity index (χ3n) is 3.44. The van der Waals surface area contributed by atoms with Crippen LogP contribution in [0.3, 0.4) is 0 Å². The van der Waals surface area contributed by atoms with E-state index in [4.69, 9.17) is 4.74 Å². The first-order valence-electron chi connectivity index (χ1n) is 6.99. The largest absolute Gasteiger partial charge is 0.496 e. The van der Waals surface area contributed by atoms with Crippen molar-refractivity contribution in [3.8, 4) is 5.75 Å². The molecule has 0 saturated heterocycles. The fourth-order valence-corrected chi connectivity index (χ4v) is 2.50. The van der Waals surface area contributed by atoms with Gasteiger partial charge in [0.15, 0.2) is 0 Å². The van der Waals surface area contributed by atoms with Crippen molar-refractivity contribution in [2.75, 3.05) is 7.11 Å². The lowest BCUT2D eigenvalue weighted by Gasteiger charge is -2.18. The molecule has 1 aromatic rings. The Morgan fingerprint density at radius 1 is 1.11 bits per heavy atom. The van der Waals surface area contributed by atoms with Gasteiger partial charge in [0.25, 0.3) is 0 Å². The van der Waals surface area contributed by atoms with Crippen molar-refractivity contribution in [3.05, 3.63) is 28.8 Å². The monoisotopic (exact) mass is 266 g/mol. The van der Waals surface area contributed by atoms with Crippen LogP contribution in [0.1, 0.15) is 42.9 Å². The lowest BCUT2D eigenvalue weighted by molar-refractivity contribution is 0.00974. The van der Waals surface area contributed by atoms with Gasteiger partial charge in [-0.3, -0.25) is 0 Å². The first kappa shape index (κ1) is 16.0. The van der Waals surface area contributed by atoms with Gasteiger partial charge in [-0.25, -0.2) is 0 Å². The molecule has 0 heterocycles. The van der Waals surface area contributed by atoms with Crippen LogP contribution < -0.4 is 4.74 Å². The van der Waals surface area contributed by atoms with E-state index in [0.29, 0.717) is 19.3 Å². The summed E-state index contributed by atoms with van der Waals surface area (Å²) in [4.78, 5) is 0. The zero-order valence-electron chi connectivity index (χ0n) is 12.4. The van der Waals surface area contributed by atoms with Crippen molar-refractivity contribution in [2.45, 2.75) is 58.7 Å². The first-order valence-corrected chi connectivity index (χ1v) is 6.99. The molecule has 3 nitrogen and oxygen atoms in total. The number of aliphatic hydroxyl groups is 2. The number of aliphatic hydroxyl groups excluding tert-OH is 2. The van der Waals surface area contributed by atoms with Crippen LogP contribution in [0.5, 0.6) is 5.75 Å². The van der Waals surface area contributed by atoms with E-state index in [1.54, 1.807) is 7.11 Å². The molecular formula is C16H26O3. The van der Waals surface area contributed by atoms with Crippen LogP contribution >= 0.6 is 0 Å². The molecule has 0 aliphatic carbocycles. The molecule has 0 radical (unpaired) electrons. The molecule has 0 spiro atoms. The highest BCUT2D eigenvalue weighted by Crippen LogP contribution is 2.26. The summed E-state index contributed by atoms with van der Waals surface area (Å²) in [5.74, 6) is 0.891. The van der Waals surface area contributed by atoms with E-state index in [9.17, 15) is 10.2 Å². The third kappa shape index (κ3) is 4.51. The number of rotatable bonds is 7. The predicted octanol–water partition coefficient (Wildman–Crippen LogP) is 2.77. The highest BCUT2D eigenvalue weighted by Gasteiger charge is 2.16. The molecule has 1 rings (SSSR count). The van der Waals surface area contributed by atoms with E-state index in [1.165, 1.54) is 5.56 Å². The third-order valence-corrected chi connectivity index (χ3v) is 3.44. The molecule has 0 saturated carbocycles. The Labute approximate surface area is 116 Å². The van der Waals surface area contributed by atoms with Gasteiger partial charge >= 0.3 is 0 Å². The molecule has 0 fully saturated rings. The van der Waals surface area contributed by atoms with Crippen LogP contribution in [0.4, 0.5) is 0 Å². The smallest absolute Gasteiger partial charge is 0.124 e. The maximum atomic E-state index is 9.92. The number of aryl methyl sites for hydroxylation is 3. The van der Waals surface area contributed by atoms with Crippen LogP contribution in [0.15, 0.2) is 12.1 Å². The van der Waals surface area contributed by atoms with Crippen LogP contribution in [-0.2, 0) is 6.42 Å². The highest BCUT2D eigenvalue weighted by molar-refractivity contribution is 5.43. The lowest BCUT2D eigenvalue weighted by atomic mass is 9.97. The van der Waals surface area contributed by atoms with Gasteiger partial charge in [0.05, 0.1) is 19.3 Å². The second-order valence-corrected chi connectivity index (χ2v) is 5.24. The number of benzene rings is 1. The molecule has 0 aliphatic rings. The Bertz CT molecular complexity index is 401. The summed E-state index contributed by atoms with van der Waals surface area (Å²) in [6.45, 7) is 6.08. The van der Waals surface area contributed by atoms with Crippen molar-refractivity contribution in [3.63, 3.8) is 0 Å². The number of hydrogen-bond donors (Lipinski definition) is 2. The minimum Gasteiger partial charge on any atom is -0.496 e. The Hall–Kier alpha value is -1.06. The van der Waals surface area contributed by atoms with Crippen molar-refractivity contribution in [1.29, 1.82) is 0 Å². The van der Waals surface area contributed by atoms with Crippen molar-refractivity contribution < 1.29 is 14.9 Å². The maximum Gasteiger partial charge on any atom is 0.124 e. The normalized spacial score (nSPS) is 14.2. The summed E-state index contributed by atoms with van der Waals surface area (Å²) < 4.78 is 5.43. The summed E-state index contributed by atoms with van der Waals surface area (Å²) in [7, 11) is 1.67. The molecule has 3 heteroatoms. The Balaban J connectivity index is 2.72. The predicted molar refractivity (Wildman–Crippen MR) is 77.7 cm³/mol. The fourth-order valence-electron chi connectivity index (χ4n) is 2.50. The van der Waals surface area contributed by atoms with E-state index < -0.39 is 12.2 Å². The summed E-state index contributed by atoms with van der Waals surface area (Å²) in [5.41, 5.74) is 3.40. The molecule has 1 aromatic carbocycles. The van der Waals surface area contributed by atoms with Gasteiger partial charge < -0.3 is 14.9 Å². The van der Waals surface area contributed by atoms with Crippen molar-refractivity contribution in [1.82, 2.24) is 0 Å². The number of ether oxygens (including phenoxy) is 1. The van der Waals surface area contributed by atoms with Gasteiger partial charge in [0, 0.05) is 0 Å². The molecule has 108 valence electrons. The SMILES string of the molecule is CCCC(O)C(O)CCc1cc(C)cc(C)c1OC. The van der Waals surface area contributed by atoms with E-state index in [0.717, 1.165) is 23.3 Å². The average Bonchev–Trinajstić information content (AvgIpc) is 2.35. The number of hydrogen-bond acceptors (Lipinski definition) is 3. The molecule has 19 heavy (non-hydrogen) atoms. The molecule has 0 aromatic heterocycles. The van der Waals surface area contributed by atoms with Crippen LogP contribution in [0.25, 0.3) is 0 Å². The summed E-state index contributed by atoms with van der Waals surface area (Å²) >= 11 is 0. The van der Waals surface area contributed by atoms with Crippen LogP contribution in [0, 0.1) is 13.8 Å². The first-order chi connectivity index (χ1) is 8.99.